The third kappa shape index (κ3) is 9.68. The number of benzene rings is 3. The first-order valence-electron chi connectivity index (χ1n) is 13.4. The van der Waals surface area contributed by atoms with E-state index in [4.69, 9.17) is 4.98 Å². The minimum absolute atomic E-state index is 0.0530. The molecule has 0 bridgehead atoms. The highest BCUT2D eigenvalue weighted by molar-refractivity contribution is 5.98. The lowest BCUT2D eigenvalue weighted by Gasteiger charge is -2.13. The number of carbonyl (C=O) groups is 3. The maximum Gasteiger partial charge on any atom is 0.573 e. The fourth-order valence-corrected chi connectivity index (χ4v) is 4.25. The van der Waals surface area contributed by atoms with E-state index in [2.05, 4.69) is 19.8 Å². The zero-order valence-corrected chi connectivity index (χ0v) is 23.2. The Kier molecular flexibility index (Phi) is 10.3. The number of unbranched alkanes of at least 4 members (excludes halogenated alkanes) is 1. The minimum atomic E-state index is -5.29. The van der Waals surface area contributed by atoms with E-state index in [-0.39, 0.29) is 25.1 Å². The Hall–Kier alpha value is -5.14. The molecule has 0 unspecified atom stereocenters. The van der Waals surface area contributed by atoms with Crippen molar-refractivity contribution in [1.82, 2.24) is 10.3 Å². The molecule has 4 aromatic rings. The number of aromatic nitrogens is 1. The predicted molar refractivity (Wildman–Crippen MR) is 147 cm³/mol. The summed E-state index contributed by atoms with van der Waals surface area (Å²) in [5.41, 5.74) is 3.74. The van der Waals surface area contributed by atoms with Gasteiger partial charge in [0.05, 0.1) is 17.6 Å². The van der Waals surface area contributed by atoms with Crippen molar-refractivity contribution >= 4 is 28.7 Å². The molecule has 0 atom stereocenters. The minimum Gasteiger partial charge on any atom is -0.406 e. The smallest absolute Gasteiger partial charge is 0.406 e. The van der Waals surface area contributed by atoms with Crippen LogP contribution in [0.1, 0.15) is 40.7 Å². The predicted octanol–water partition coefficient (Wildman–Crippen LogP) is 7.01. The Labute approximate surface area is 251 Å². The topological polar surface area (TPSA) is 104 Å². The number of aryl methyl sites for hydroxylation is 1. The van der Waals surface area contributed by atoms with Crippen LogP contribution in [0.25, 0.3) is 22.2 Å². The molecule has 0 spiro atoms. The third-order valence-electron chi connectivity index (χ3n) is 6.33. The summed E-state index contributed by atoms with van der Waals surface area (Å²) in [5, 5.41) is 3.36. The third-order valence-corrected chi connectivity index (χ3v) is 6.33. The zero-order valence-electron chi connectivity index (χ0n) is 23.2. The van der Waals surface area contributed by atoms with Gasteiger partial charge in [-0.25, -0.2) is 24.3 Å². The van der Waals surface area contributed by atoms with Crippen LogP contribution >= 0.6 is 0 Å². The van der Waals surface area contributed by atoms with Crippen molar-refractivity contribution in [3.8, 4) is 17.0 Å². The molecule has 0 aliphatic rings. The molecule has 3 aromatic carbocycles. The van der Waals surface area contributed by atoms with E-state index in [1.807, 2.05) is 36.4 Å². The van der Waals surface area contributed by atoms with Gasteiger partial charge in [-0.3, -0.25) is 4.79 Å². The zero-order chi connectivity index (χ0) is 32.6. The Morgan fingerprint density at radius 3 is 2.18 bits per heavy atom. The summed E-state index contributed by atoms with van der Waals surface area (Å²) in [6.07, 6.45) is -9.37. The summed E-state index contributed by atoms with van der Waals surface area (Å²) in [5.74, 6) is -4.57. The molecular weight excluding hydrogens is 610 g/mol. The molecule has 0 aliphatic heterocycles. The summed E-state index contributed by atoms with van der Waals surface area (Å²) >= 11 is 0. The molecule has 4 rings (SSSR count). The molecule has 14 heteroatoms. The quantitative estimate of drug-likeness (QED) is 0.0867. The highest BCUT2D eigenvalue weighted by atomic mass is 19.4. The molecular formula is C31H24F6N2O6. The normalized spacial score (nSPS) is 11.6. The standard InChI is InChI=1S/C31H24F6N2O6/c32-30(33,34)29(42)45-44-26(40)9-5-4-8-21-16-23-17-22(12-15-25(23)39-27(21)20-6-2-1-3-7-20)28(41)38-18-19-10-13-24(14-11-19)43-31(35,36)37/h1-3,6-7,10-17H,4-5,8-9,18H2,(H,38,41). The average Bonchev–Trinajstić information content (AvgIpc) is 3.00. The number of rotatable bonds is 10. The maximum absolute atomic E-state index is 12.9. The van der Waals surface area contributed by atoms with Crippen LogP contribution in [0.3, 0.4) is 0 Å². The fourth-order valence-electron chi connectivity index (χ4n) is 4.25. The second-order valence-corrected chi connectivity index (χ2v) is 9.68. The van der Waals surface area contributed by atoms with E-state index >= 15 is 0 Å². The Morgan fingerprint density at radius 1 is 0.800 bits per heavy atom. The molecule has 0 aliphatic carbocycles. The molecule has 0 saturated heterocycles. The molecule has 1 aromatic heterocycles. The number of nitrogens with one attached hydrogen (secondary N) is 1. The van der Waals surface area contributed by atoms with Crippen LogP contribution in [-0.2, 0) is 32.3 Å². The Balaban J connectivity index is 1.43. The number of nitrogens with zero attached hydrogens (tertiary/aromatic N) is 1. The first-order chi connectivity index (χ1) is 21.3. The Morgan fingerprint density at radius 2 is 1.51 bits per heavy atom. The van der Waals surface area contributed by atoms with Crippen LogP contribution in [0.2, 0.25) is 0 Å². The second kappa shape index (κ2) is 14.1. The lowest BCUT2D eigenvalue weighted by atomic mass is 9.98. The van der Waals surface area contributed by atoms with E-state index in [1.165, 1.54) is 12.1 Å². The number of hydrogen-bond acceptors (Lipinski definition) is 7. The summed E-state index contributed by atoms with van der Waals surface area (Å²) in [6, 6.07) is 21.1. The van der Waals surface area contributed by atoms with Gasteiger partial charge < -0.3 is 10.1 Å². The number of ether oxygens (including phenoxy) is 1. The van der Waals surface area contributed by atoms with Gasteiger partial charge in [-0.1, -0.05) is 42.5 Å². The number of amides is 1. The van der Waals surface area contributed by atoms with E-state index < -0.39 is 30.4 Å². The first-order valence-corrected chi connectivity index (χ1v) is 13.4. The number of halogens is 6. The van der Waals surface area contributed by atoms with Crippen molar-refractivity contribution in [3.63, 3.8) is 0 Å². The molecule has 1 N–H and O–H groups in total. The van der Waals surface area contributed by atoms with E-state index in [1.54, 1.807) is 18.2 Å². The molecule has 8 nitrogen and oxygen atoms in total. The van der Waals surface area contributed by atoms with Crippen LogP contribution in [0.15, 0.2) is 78.9 Å². The summed E-state index contributed by atoms with van der Waals surface area (Å²) in [6.45, 7) is 0.0530. The molecule has 1 amide bonds. The van der Waals surface area contributed by atoms with Crippen LogP contribution in [0.5, 0.6) is 5.75 Å². The van der Waals surface area contributed by atoms with Gasteiger partial charge in [0.1, 0.15) is 5.75 Å². The number of carbonyl (C=O) groups excluding carboxylic acids is 3. The molecule has 45 heavy (non-hydrogen) atoms. The van der Waals surface area contributed by atoms with Crippen molar-refractivity contribution in [2.24, 2.45) is 0 Å². The maximum atomic E-state index is 12.9. The summed E-state index contributed by atoms with van der Waals surface area (Å²) in [7, 11) is 0. The van der Waals surface area contributed by atoms with Crippen molar-refractivity contribution < 1.29 is 55.2 Å². The van der Waals surface area contributed by atoms with Gasteiger partial charge in [0, 0.05) is 23.1 Å². The van der Waals surface area contributed by atoms with Gasteiger partial charge in [-0.15, -0.1) is 13.2 Å². The molecule has 1 heterocycles. The number of alkyl halides is 6. The molecule has 236 valence electrons. The molecule has 0 saturated carbocycles. The SMILES string of the molecule is O=C(CCCCc1cc2cc(C(=O)NCc3ccc(OC(F)(F)F)cc3)ccc2nc1-c1ccccc1)OOC(=O)C(F)(F)F. The van der Waals surface area contributed by atoms with Crippen LogP contribution in [-0.4, -0.2) is 35.4 Å². The monoisotopic (exact) mass is 634 g/mol. The van der Waals surface area contributed by atoms with Gasteiger partial charge in [0.15, 0.2) is 0 Å². The van der Waals surface area contributed by atoms with Gasteiger partial charge in [-0.2, -0.15) is 13.2 Å². The Bertz CT molecular complexity index is 1660. The summed E-state index contributed by atoms with van der Waals surface area (Å²) in [4.78, 5) is 47.5. The van der Waals surface area contributed by atoms with Crippen LogP contribution in [0, 0.1) is 0 Å². The van der Waals surface area contributed by atoms with Crippen LogP contribution in [0.4, 0.5) is 26.3 Å². The summed E-state index contributed by atoms with van der Waals surface area (Å²) < 4.78 is 77.5. The largest absolute Gasteiger partial charge is 0.573 e. The highest BCUT2D eigenvalue weighted by Gasteiger charge is 2.43. The lowest BCUT2D eigenvalue weighted by Crippen LogP contribution is -2.26. The van der Waals surface area contributed by atoms with Gasteiger partial charge in [0.2, 0.25) is 0 Å². The van der Waals surface area contributed by atoms with E-state index in [9.17, 15) is 40.7 Å². The molecule has 0 radical (unpaired) electrons. The van der Waals surface area contributed by atoms with E-state index in [0.717, 1.165) is 23.3 Å². The second-order valence-electron chi connectivity index (χ2n) is 9.68. The van der Waals surface area contributed by atoms with E-state index in [0.29, 0.717) is 40.6 Å². The first kappa shape index (κ1) is 32.8. The van der Waals surface area contributed by atoms with Crippen molar-refractivity contribution in [3.05, 3.63) is 95.6 Å². The van der Waals surface area contributed by atoms with Crippen molar-refractivity contribution in [1.29, 1.82) is 0 Å². The van der Waals surface area contributed by atoms with Crippen LogP contribution < -0.4 is 10.1 Å². The van der Waals surface area contributed by atoms with Gasteiger partial charge in [0.25, 0.3) is 5.91 Å². The van der Waals surface area contributed by atoms with Gasteiger partial charge >= 0.3 is 24.5 Å². The number of fused-ring (bicyclic) bond motifs is 1. The highest BCUT2D eigenvalue weighted by Crippen LogP contribution is 2.28. The number of hydrogen-bond donors (Lipinski definition) is 1. The van der Waals surface area contributed by atoms with Crippen molar-refractivity contribution in [2.45, 2.75) is 44.8 Å². The lowest BCUT2D eigenvalue weighted by molar-refractivity contribution is -0.285. The molecule has 0 fully saturated rings. The van der Waals surface area contributed by atoms with Crippen molar-refractivity contribution in [2.75, 3.05) is 0 Å². The number of pyridine rings is 1. The van der Waals surface area contributed by atoms with Gasteiger partial charge in [-0.05, 0) is 66.8 Å². The fraction of sp³-hybridized carbons (Fsp3) is 0.226. The average molecular weight is 635 g/mol.